The molecule has 21 heavy (non-hydrogen) atoms. The predicted octanol–water partition coefficient (Wildman–Crippen LogP) is 1.68. The molecule has 0 saturated carbocycles. The highest BCUT2D eigenvalue weighted by molar-refractivity contribution is 5.94. The van der Waals surface area contributed by atoms with Crippen molar-refractivity contribution in [2.75, 3.05) is 45.4 Å². The third kappa shape index (κ3) is 5.02. The van der Waals surface area contributed by atoms with Gasteiger partial charge in [-0.15, -0.1) is 0 Å². The fraction of sp³-hybridized carbons (Fsp3) is 0.562. The molecule has 1 aliphatic heterocycles. The lowest BCUT2D eigenvalue weighted by atomic mass is 10.2. The van der Waals surface area contributed by atoms with Crippen molar-refractivity contribution in [1.82, 2.24) is 5.32 Å². The van der Waals surface area contributed by atoms with E-state index in [-0.39, 0.29) is 12.0 Å². The predicted molar refractivity (Wildman–Crippen MR) is 82.9 cm³/mol. The molecule has 1 saturated heterocycles. The Morgan fingerprint density at radius 2 is 2.14 bits per heavy atom. The van der Waals surface area contributed by atoms with Crippen molar-refractivity contribution < 1.29 is 14.3 Å². The minimum Gasteiger partial charge on any atom is -0.378 e. The molecule has 1 heterocycles. The molecule has 0 spiro atoms. The standard InChI is InChI=1S/C16H24N2O3/c1-18(2)14-7-5-13(6-8-14)16(19)17-9-11-20-12-15-4-3-10-21-15/h5-8,15H,3-4,9-12H2,1-2H3,(H,17,19)/t15-/m1/s1. The number of carbonyl (C=O) groups excluding carboxylic acids is 1. The molecule has 1 amide bonds. The molecule has 1 atom stereocenters. The van der Waals surface area contributed by atoms with Gasteiger partial charge in [-0.2, -0.15) is 0 Å². The highest BCUT2D eigenvalue weighted by Gasteiger charge is 2.15. The van der Waals surface area contributed by atoms with Gasteiger partial charge in [-0.1, -0.05) is 0 Å². The number of ether oxygens (including phenoxy) is 2. The molecular formula is C16H24N2O3. The maximum atomic E-state index is 11.9. The van der Waals surface area contributed by atoms with Gasteiger partial charge in [0.2, 0.25) is 0 Å². The summed E-state index contributed by atoms with van der Waals surface area (Å²) >= 11 is 0. The minimum atomic E-state index is -0.0685. The first kappa shape index (κ1) is 15.8. The first-order chi connectivity index (χ1) is 10.2. The van der Waals surface area contributed by atoms with Crippen molar-refractivity contribution in [3.63, 3.8) is 0 Å². The fourth-order valence-electron chi connectivity index (χ4n) is 2.24. The van der Waals surface area contributed by atoms with Gasteiger partial charge in [-0.3, -0.25) is 4.79 Å². The number of nitrogens with one attached hydrogen (secondary N) is 1. The van der Waals surface area contributed by atoms with E-state index in [1.165, 1.54) is 0 Å². The summed E-state index contributed by atoms with van der Waals surface area (Å²) in [6.07, 6.45) is 2.43. The van der Waals surface area contributed by atoms with Gasteiger partial charge >= 0.3 is 0 Å². The van der Waals surface area contributed by atoms with E-state index in [1.807, 2.05) is 43.3 Å². The third-order valence-electron chi connectivity index (χ3n) is 3.51. The Hall–Kier alpha value is -1.59. The van der Waals surface area contributed by atoms with E-state index in [9.17, 15) is 4.79 Å². The SMILES string of the molecule is CN(C)c1ccc(C(=O)NCCOC[C@H]2CCCO2)cc1. The Morgan fingerprint density at radius 1 is 1.38 bits per heavy atom. The Kier molecular flexibility index (Phi) is 6.02. The van der Waals surface area contributed by atoms with Crippen molar-refractivity contribution in [3.05, 3.63) is 29.8 Å². The monoisotopic (exact) mass is 292 g/mol. The van der Waals surface area contributed by atoms with Gasteiger partial charge in [0, 0.05) is 38.5 Å². The normalized spacial score (nSPS) is 17.7. The lowest BCUT2D eigenvalue weighted by Gasteiger charge is -2.13. The maximum Gasteiger partial charge on any atom is 0.251 e. The molecule has 0 unspecified atom stereocenters. The van der Waals surface area contributed by atoms with E-state index < -0.39 is 0 Å². The summed E-state index contributed by atoms with van der Waals surface area (Å²) in [6.45, 7) is 2.49. The summed E-state index contributed by atoms with van der Waals surface area (Å²) in [7, 11) is 3.95. The molecule has 1 aromatic carbocycles. The van der Waals surface area contributed by atoms with Crippen LogP contribution >= 0.6 is 0 Å². The molecule has 1 N–H and O–H groups in total. The second kappa shape index (κ2) is 8.00. The highest BCUT2D eigenvalue weighted by atomic mass is 16.5. The molecular weight excluding hydrogens is 268 g/mol. The largest absolute Gasteiger partial charge is 0.378 e. The zero-order valence-electron chi connectivity index (χ0n) is 12.8. The number of hydrogen-bond acceptors (Lipinski definition) is 4. The zero-order chi connectivity index (χ0) is 15.1. The van der Waals surface area contributed by atoms with Gasteiger partial charge < -0.3 is 19.7 Å². The summed E-state index contributed by atoms with van der Waals surface area (Å²) in [6, 6.07) is 7.53. The molecule has 116 valence electrons. The topological polar surface area (TPSA) is 50.8 Å². The van der Waals surface area contributed by atoms with E-state index in [0.29, 0.717) is 25.3 Å². The Morgan fingerprint density at radius 3 is 2.76 bits per heavy atom. The molecule has 0 bridgehead atoms. The van der Waals surface area contributed by atoms with Crippen LogP contribution in [0, 0.1) is 0 Å². The molecule has 1 aromatic rings. The second-order valence-electron chi connectivity index (χ2n) is 5.41. The number of carbonyl (C=O) groups is 1. The van der Waals surface area contributed by atoms with E-state index >= 15 is 0 Å². The first-order valence-electron chi connectivity index (χ1n) is 7.42. The van der Waals surface area contributed by atoms with Crippen molar-refractivity contribution in [2.45, 2.75) is 18.9 Å². The molecule has 5 nitrogen and oxygen atoms in total. The van der Waals surface area contributed by atoms with Crippen LogP contribution in [0.25, 0.3) is 0 Å². The van der Waals surface area contributed by atoms with Crippen LogP contribution in [0.3, 0.4) is 0 Å². The van der Waals surface area contributed by atoms with Crippen LogP contribution in [0.4, 0.5) is 5.69 Å². The van der Waals surface area contributed by atoms with Gasteiger partial charge in [0.15, 0.2) is 0 Å². The molecule has 1 aliphatic rings. The number of rotatable bonds is 7. The number of hydrogen-bond donors (Lipinski definition) is 1. The molecule has 5 heteroatoms. The van der Waals surface area contributed by atoms with Crippen molar-refractivity contribution >= 4 is 11.6 Å². The summed E-state index contributed by atoms with van der Waals surface area (Å²) < 4.78 is 11.0. The van der Waals surface area contributed by atoms with Crippen LogP contribution in [0.5, 0.6) is 0 Å². The number of nitrogens with zero attached hydrogens (tertiary/aromatic N) is 1. The molecule has 0 aliphatic carbocycles. The Bertz CT molecular complexity index is 439. The summed E-state index contributed by atoms with van der Waals surface area (Å²) in [5.41, 5.74) is 1.74. The van der Waals surface area contributed by atoms with Gasteiger partial charge in [0.05, 0.1) is 19.3 Å². The van der Waals surface area contributed by atoms with Gasteiger partial charge in [0.25, 0.3) is 5.91 Å². The maximum absolute atomic E-state index is 11.9. The smallest absolute Gasteiger partial charge is 0.251 e. The van der Waals surface area contributed by atoms with Crippen LogP contribution in [-0.2, 0) is 9.47 Å². The van der Waals surface area contributed by atoms with Crippen LogP contribution in [0.2, 0.25) is 0 Å². The Labute approximate surface area is 126 Å². The van der Waals surface area contributed by atoms with Crippen LogP contribution in [0.1, 0.15) is 23.2 Å². The zero-order valence-corrected chi connectivity index (χ0v) is 12.8. The third-order valence-corrected chi connectivity index (χ3v) is 3.51. The minimum absolute atomic E-state index is 0.0685. The fourth-order valence-corrected chi connectivity index (χ4v) is 2.24. The first-order valence-corrected chi connectivity index (χ1v) is 7.42. The molecule has 0 radical (unpaired) electrons. The van der Waals surface area contributed by atoms with E-state index in [4.69, 9.17) is 9.47 Å². The summed E-state index contributed by atoms with van der Waals surface area (Å²) in [4.78, 5) is 13.9. The van der Waals surface area contributed by atoms with Gasteiger partial charge in [0.1, 0.15) is 0 Å². The average molecular weight is 292 g/mol. The van der Waals surface area contributed by atoms with Crippen molar-refractivity contribution in [3.8, 4) is 0 Å². The number of benzene rings is 1. The summed E-state index contributed by atoms with van der Waals surface area (Å²) in [5.74, 6) is -0.0685. The number of anilines is 1. The average Bonchev–Trinajstić information content (AvgIpc) is 3.00. The van der Waals surface area contributed by atoms with Crippen molar-refractivity contribution in [2.24, 2.45) is 0 Å². The molecule has 1 fully saturated rings. The number of amides is 1. The summed E-state index contributed by atoms with van der Waals surface area (Å²) in [5, 5.41) is 2.85. The van der Waals surface area contributed by atoms with Crippen LogP contribution in [-0.4, -0.2) is 52.5 Å². The lowest BCUT2D eigenvalue weighted by Crippen LogP contribution is -2.28. The van der Waals surface area contributed by atoms with Crippen LogP contribution in [0.15, 0.2) is 24.3 Å². The lowest BCUT2D eigenvalue weighted by molar-refractivity contribution is 0.0183. The van der Waals surface area contributed by atoms with Gasteiger partial charge in [-0.25, -0.2) is 0 Å². The quantitative estimate of drug-likeness (QED) is 0.777. The van der Waals surface area contributed by atoms with Crippen LogP contribution < -0.4 is 10.2 Å². The van der Waals surface area contributed by atoms with E-state index in [0.717, 1.165) is 25.1 Å². The second-order valence-corrected chi connectivity index (χ2v) is 5.41. The molecule has 2 rings (SSSR count). The van der Waals surface area contributed by atoms with E-state index in [2.05, 4.69) is 5.32 Å². The van der Waals surface area contributed by atoms with Crippen molar-refractivity contribution in [1.29, 1.82) is 0 Å². The Balaban J connectivity index is 1.64. The highest BCUT2D eigenvalue weighted by Crippen LogP contribution is 2.12. The van der Waals surface area contributed by atoms with Gasteiger partial charge in [-0.05, 0) is 37.1 Å². The van der Waals surface area contributed by atoms with E-state index in [1.54, 1.807) is 0 Å². The molecule has 0 aromatic heterocycles.